The van der Waals surface area contributed by atoms with E-state index in [9.17, 15) is 9.18 Å². The van der Waals surface area contributed by atoms with E-state index >= 15 is 0 Å². The van der Waals surface area contributed by atoms with Gasteiger partial charge in [-0.15, -0.1) is 0 Å². The van der Waals surface area contributed by atoms with Crippen molar-refractivity contribution in [3.05, 3.63) is 83.9 Å². The molecule has 0 unspecified atom stereocenters. The molecule has 1 aromatic heterocycles. The highest BCUT2D eigenvalue weighted by Gasteiger charge is 2.02. The van der Waals surface area contributed by atoms with Gasteiger partial charge in [-0.3, -0.25) is 4.68 Å². The Hall–Kier alpha value is -3.15. The zero-order valence-electron chi connectivity index (χ0n) is 13.7. The van der Waals surface area contributed by atoms with Crippen LogP contribution in [0.5, 0.6) is 0 Å². The molecule has 0 spiro atoms. The Labute approximate surface area is 145 Å². The molecule has 6 heteroatoms. The molecule has 0 atom stereocenters. The van der Waals surface area contributed by atoms with Crippen LogP contribution in [0.3, 0.4) is 0 Å². The van der Waals surface area contributed by atoms with Gasteiger partial charge in [-0.1, -0.05) is 24.3 Å². The molecule has 2 aromatic carbocycles. The van der Waals surface area contributed by atoms with Crippen molar-refractivity contribution in [3.8, 4) is 0 Å². The molecule has 0 fully saturated rings. The van der Waals surface area contributed by atoms with Gasteiger partial charge in [0.1, 0.15) is 5.82 Å². The first-order chi connectivity index (χ1) is 12.2. The predicted octanol–water partition coefficient (Wildman–Crippen LogP) is 3.43. The van der Waals surface area contributed by atoms with Crippen molar-refractivity contribution in [1.82, 2.24) is 15.1 Å². The van der Waals surface area contributed by atoms with E-state index in [-0.39, 0.29) is 11.8 Å². The van der Waals surface area contributed by atoms with Gasteiger partial charge in [-0.2, -0.15) is 5.10 Å². The molecule has 0 bridgehead atoms. The van der Waals surface area contributed by atoms with Gasteiger partial charge >= 0.3 is 6.03 Å². The number of carbonyl (C=O) groups is 1. The summed E-state index contributed by atoms with van der Waals surface area (Å²) in [5.41, 5.74) is 2.80. The van der Waals surface area contributed by atoms with Crippen LogP contribution < -0.4 is 10.6 Å². The fourth-order valence-corrected chi connectivity index (χ4v) is 2.42. The van der Waals surface area contributed by atoms with Gasteiger partial charge in [-0.25, -0.2) is 9.18 Å². The summed E-state index contributed by atoms with van der Waals surface area (Å²) >= 11 is 0. The first-order valence-corrected chi connectivity index (χ1v) is 8.05. The second kappa shape index (κ2) is 8.10. The summed E-state index contributed by atoms with van der Waals surface area (Å²) in [6, 6.07) is 15.5. The quantitative estimate of drug-likeness (QED) is 0.723. The lowest BCUT2D eigenvalue weighted by molar-refractivity contribution is 0.252. The summed E-state index contributed by atoms with van der Waals surface area (Å²) in [5.74, 6) is -0.259. The van der Waals surface area contributed by atoms with Crippen LogP contribution in [0.25, 0.3) is 0 Å². The van der Waals surface area contributed by atoms with Crippen LogP contribution in [0.4, 0.5) is 14.9 Å². The number of hydrogen-bond donors (Lipinski definition) is 2. The molecule has 2 N–H and O–H groups in total. The number of nitrogens with zero attached hydrogens (tertiary/aromatic N) is 2. The first-order valence-electron chi connectivity index (χ1n) is 8.05. The average Bonchev–Trinajstić information content (AvgIpc) is 3.11. The van der Waals surface area contributed by atoms with Crippen LogP contribution in [-0.2, 0) is 13.0 Å². The van der Waals surface area contributed by atoms with Gasteiger partial charge in [0.05, 0.1) is 6.54 Å². The lowest BCUT2D eigenvalue weighted by Crippen LogP contribution is -2.30. The summed E-state index contributed by atoms with van der Waals surface area (Å²) in [6.45, 7) is 1.17. The number of hydrogen-bond acceptors (Lipinski definition) is 2. The van der Waals surface area contributed by atoms with Gasteiger partial charge in [0.2, 0.25) is 0 Å². The largest absolute Gasteiger partial charge is 0.338 e. The minimum absolute atomic E-state index is 0.259. The lowest BCUT2D eigenvalue weighted by atomic mass is 10.1. The topological polar surface area (TPSA) is 59.0 Å². The molecule has 1 heterocycles. The van der Waals surface area contributed by atoms with Gasteiger partial charge in [-0.05, 0) is 47.9 Å². The molecule has 0 aliphatic carbocycles. The molecule has 0 saturated carbocycles. The van der Waals surface area contributed by atoms with Crippen LogP contribution in [0.2, 0.25) is 0 Å². The highest BCUT2D eigenvalue weighted by Crippen LogP contribution is 2.10. The predicted molar refractivity (Wildman–Crippen MR) is 94.9 cm³/mol. The van der Waals surface area contributed by atoms with Crippen molar-refractivity contribution in [1.29, 1.82) is 0 Å². The van der Waals surface area contributed by atoms with Crippen molar-refractivity contribution in [2.24, 2.45) is 0 Å². The second-order valence-electron chi connectivity index (χ2n) is 5.66. The van der Waals surface area contributed by atoms with Gasteiger partial charge in [0.15, 0.2) is 0 Å². The molecular weight excluding hydrogens is 319 g/mol. The Morgan fingerprint density at radius 2 is 1.76 bits per heavy atom. The second-order valence-corrected chi connectivity index (χ2v) is 5.66. The summed E-state index contributed by atoms with van der Waals surface area (Å²) in [7, 11) is 0. The number of benzene rings is 2. The maximum absolute atomic E-state index is 12.8. The van der Waals surface area contributed by atoms with E-state index in [1.165, 1.54) is 12.1 Å². The van der Waals surface area contributed by atoms with Crippen molar-refractivity contribution >= 4 is 11.7 Å². The molecule has 128 valence electrons. The smallest absolute Gasteiger partial charge is 0.319 e. The maximum atomic E-state index is 12.8. The Morgan fingerprint density at radius 1 is 1.04 bits per heavy atom. The SMILES string of the molecule is O=C(NCCc1ccc(F)cc1)Nc1ccc(Cn2cccn2)cc1. The Kier molecular flexibility index (Phi) is 5.41. The third-order valence-corrected chi connectivity index (χ3v) is 3.73. The molecule has 5 nitrogen and oxygen atoms in total. The van der Waals surface area contributed by atoms with Crippen LogP contribution in [-0.4, -0.2) is 22.4 Å². The van der Waals surface area contributed by atoms with Gasteiger partial charge in [0, 0.05) is 24.6 Å². The minimum atomic E-state index is -0.262. The maximum Gasteiger partial charge on any atom is 0.319 e. The van der Waals surface area contributed by atoms with Crippen molar-refractivity contribution in [2.75, 3.05) is 11.9 Å². The number of aromatic nitrogens is 2. The number of amides is 2. The number of anilines is 1. The van der Waals surface area contributed by atoms with E-state index in [1.807, 2.05) is 41.2 Å². The van der Waals surface area contributed by atoms with E-state index < -0.39 is 0 Å². The third-order valence-electron chi connectivity index (χ3n) is 3.73. The van der Waals surface area contributed by atoms with Crippen molar-refractivity contribution in [3.63, 3.8) is 0 Å². The molecule has 0 radical (unpaired) electrons. The van der Waals surface area contributed by atoms with Crippen LogP contribution in [0, 0.1) is 5.82 Å². The Morgan fingerprint density at radius 3 is 2.44 bits per heavy atom. The normalized spacial score (nSPS) is 10.4. The third kappa shape index (κ3) is 5.17. The van der Waals surface area contributed by atoms with E-state index in [1.54, 1.807) is 18.3 Å². The zero-order chi connectivity index (χ0) is 17.5. The number of rotatable bonds is 6. The molecular formula is C19H19FN4O. The molecule has 3 aromatic rings. The number of urea groups is 1. The summed E-state index contributed by atoms with van der Waals surface area (Å²) in [5, 5.41) is 9.74. The monoisotopic (exact) mass is 338 g/mol. The fourth-order valence-electron chi connectivity index (χ4n) is 2.42. The van der Waals surface area contributed by atoms with Crippen LogP contribution in [0.15, 0.2) is 67.0 Å². The standard InChI is InChI=1S/C19H19FN4O/c20-17-6-2-15(3-7-17)10-12-21-19(25)23-18-8-4-16(5-9-18)14-24-13-1-11-22-24/h1-9,11,13H,10,12,14H2,(H2,21,23,25). The Bertz CT molecular complexity index is 798. The number of nitrogens with one attached hydrogen (secondary N) is 2. The van der Waals surface area contributed by atoms with E-state index in [2.05, 4.69) is 15.7 Å². The summed E-state index contributed by atoms with van der Waals surface area (Å²) in [4.78, 5) is 11.9. The van der Waals surface area contributed by atoms with E-state index in [4.69, 9.17) is 0 Å². The molecule has 0 aliphatic rings. The van der Waals surface area contributed by atoms with Crippen LogP contribution >= 0.6 is 0 Å². The fraction of sp³-hybridized carbons (Fsp3) is 0.158. The van der Waals surface area contributed by atoms with E-state index in [0.717, 1.165) is 16.8 Å². The van der Waals surface area contributed by atoms with Crippen molar-refractivity contribution < 1.29 is 9.18 Å². The lowest BCUT2D eigenvalue weighted by Gasteiger charge is -2.09. The Balaban J connectivity index is 1.43. The van der Waals surface area contributed by atoms with E-state index in [0.29, 0.717) is 19.5 Å². The highest BCUT2D eigenvalue weighted by atomic mass is 19.1. The molecule has 2 amide bonds. The highest BCUT2D eigenvalue weighted by molar-refractivity contribution is 5.89. The summed E-state index contributed by atoms with van der Waals surface area (Å²) < 4.78 is 14.7. The number of halogens is 1. The first kappa shape index (κ1) is 16.7. The minimum Gasteiger partial charge on any atom is -0.338 e. The number of carbonyl (C=O) groups excluding carboxylic acids is 1. The molecule has 0 saturated heterocycles. The summed E-state index contributed by atoms with van der Waals surface area (Å²) in [6.07, 6.45) is 4.30. The van der Waals surface area contributed by atoms with Crippen molar-refractivity contribution in [2.45, 2.75) is 13.0 Å². The van der Waals surface area contributed by atoms with Crippen LogP contribution in [0.1, 0.15) is 11.1 Å². The molecule has 25 heavy (non-hydrogen) atoms. The molecule has 3 rings (SSSR count). The van der Waals surface area contributed by atoms with Gasteiger partial charge < -0.3 is 10.6 Å². The zero-order valence-corrected chi connectivity index (χ0v) is 13.7. The van der Waals surface area contributed by atoms with Gasteiger partial charge in [0.25, 0.3) is 0 Å². The molecule has 0 aliphatic heterocycles. The average molecular weight is 338 g/mol.